The summed E-state index contributed by atoms with van der Waals surface area (Å²) in [6.45, 7) is 2.31. The van der Waals surface area contributed by atoms with Crippen LogP contribution in [0.15, 0.2) is 103 Å². The Hall–Kier alpha value is -4.18. The summed E-state index contributed by atoms with van der Waals surface area (Å²) in [6, 6.07) is 34.2. The van der Waals surface area contributed by atoms with Gasteiger partial charge in [-0.1, -0.05) is 91.0 Å². The molecule has 186 valence electrons. The molecule has 4 heteroatoms. The van der Waals surface area contributed by atoms with Gasteiger partial charge in [-0.3, -0.25) is 9.59 Å². The Kier molecular flexibility index (Phi) is 7.46. The molecule has 0 saturated heterocycles. The minimum Gasteiger partial charge on any atom is -0.489 e. The van der Waals surface area contributed by atoms with Crippen molar-refractivity contribution in [3.05, 3.63) is 125 Å². The summed E-state index contributed by atoms with van der Waals surface area (Å²) in [4.78, 5) is 25.2. The molecule has 0 saturated carbocycles. The molecule has 0 bridgehead atoms. The minimum absolute atomic E-state index is 0.00978. The van der Waals surface area contributed by atoms with Gasteiger partial charge in [0.15, 0.2) is 0 Å². The predicted molar refractivity (Wildman–Crippen MR) is 144 cm³/mol. The maximum absolute atomic E-state index is 12.8. The third-order valence-electron chi connectivity index (χ3n) is 7.02. The van der Waals surface area contributed by atoms with E-state index in [0.29, 0.717) is 13.0 Å². The van der Waals surface area contributed by atoms with Crippen LogP contribution >= 0.6 is 0 Å². The van der Waals surface area contributed by atoms with Gasteiger partial charge >= 0.3 is 5.97 Å². The van der Waals surface area contributed by atoms with Gasteiger partial charge in [-0.05, 0) is 58.9 Å². The van der Waals surface area contributed by atoms with E-state index in [1.807, 2.05) is 78.9 Å². The Morgan fingerprint density at radius 3 is 1.95 bits per heavy atom. The van der Waals surface area contributed by atoms with Crippen LogP contribution in [0.4, 0.5) is 0 Å². The van der Waals surface area contributed by atoms with Crippen LogP contribution in [0.25, 0.3) is 11.1 Å². The highest BCUT2D eigenvalue weighted by molar-refractivity contribution is 5.84. The van der Waals surface area contributed by atoms with Crippen molar-refractivity contribution >= 4 is 11.8 Å². The van der Waals surface area contributed by atoms with Crippen molar-refractivity contribution in [3.63, 3.8) is 0 Å². The molecule has 4 nitrogen and oxygen atoms in total. The van der Waals surface area contributed by atoms with Crippen LogP contribution in [0.3, 0.4) is 0 Å². The Morgan fingerprint density at radius 2 is 1.32 bits per heavy atom. The van der Waals surface area contributed by atoms with Crippen molar-refractivity contribution < 1.29 is 19.1 Å². The van der Waals surface area contributed by atoms with Crippen LogP contribution in [0, 0.1) is 5.92 Å². The van der Waals surface area contributed by atoms with Crippen molar-refractivity contribution in [2.75, 3.05) is 6.61 Å². The zero-order valence-electron chi connectivity index (χ0n) is 20.9. The number of rotatable bonds is 10. The van der Waals surface area contributed by atoms with E-state index in [-0.39, 0.29) is 30.7 Å². The van der Waals surface area contributed by atoms with Gasteiger partial charge in [0.05, 0.1) is 6.42 Å². The number of ether oxygens (including phenoxy) is 2. The summed E-state index contributed by atoms with van der Waals surface area (Å²) in [5.41, 5.74) is 6.82. The van der Waals surface area contributed by atoms with E-state index in [9.17, 15) is 9.59 Å². The zero-order valence-corrected chi connectivity index (χ0v) is 20.9. The second-order valence-electron chi connectivity index (χ2n) is 9.54. The normalized spacial score (nSPS) is 12.9. The minimum atomic E-state index is -0.424. The maximum atomic E-state index is 12.8. The van der Waals surface area contributed by atoms with Crippen molar-refractivity contribution in [2.24, 2.45) is 5.92 Å². The highest BCUT2D eigenvalue weighted by Gasteiger charge is 2.29. The van der Waals surface area contributed by atoms with Crippen LogP contribution in [0.1, 0.15) is 41.5 Å². The first-order valence-corrected chi connectivity index (χ1v) is 12.7. The number of hydrogen-bond donors (Lipinski definition) is 0. The molecule has 0 aliphatic heterocycles. The van der Waals surface area contributed by atoms with E-state index in [4.69, 9.17) is 9.47 Å². The third-order valence-corrected chi connectivity index (χ3v) is 7.02. The van der Waals surface area contributed by atoms with Crippen molar-refractivity contribution in [3.8, 4) is 16.9 Å². The second kappa shape index (κ2) is 11.3. The maximum Gasteiger partial charge on any atom is 0.306 e. The fourth-order valence-corrected chi connectivity index (χ4v) is 4.98. The molecule has 1 aliphatic carbocycles. The first-order chi connectivity index (χ1) is 18.1. The molecule has 0 spiro atoms. The third kappa shape index (κ3) is 5.80. The topological polar surface area (TPSA) is 52.6 Å². The second-order valence-corrected chi connectivity index (χ2v) is 9.54. The van der Waals surface area contributed by atoms with Gasteiger partial charge in [0.2, 0.25) is 0 Å². The number of ketones is 1. The van der Waals surface area contributed by atoms with Crippen LogP contribution in [0.5, 0.6) is 5.75 Å². The zero-order chi connectivity index (χ0) is 25.6. The lowest BCUT2D eigenvalue weighted by Gasteiger charge is -2.17. The molecular weight excluding hydrogens is 460 g/mol. The molecule has 37 heavy (non-hydrogen) atoms. The summed E-state index contributed by atoms with van der Waals surface area (Å²) in [5, 5.41) is 0. The number of carbonyl (C=O) groups excluding carboxylic acids is 2. The van der Waals surface area contributed by atoms with Gasteiger partial charge in [0.25, 0.3) is 0 Å². The number of benzene rings is 4. The summed E-state index contributed by atoms with van der Waals surface area (Å²) in [7, 11) is 0. The average Bonchev–Trinajstić information content (AvgIpc) is 3.25. The molecule has 4 aromatic rings. The fourth-order valence-electron chi connectivity index (χ4n) is 4.98. The smallest absolute Gasteiger partial charge is 0.306 e. The highest BCUT2D eigenvalue weighted by Crippen LogP contribution is 2.44. The van der Waals surface area contributed by atoms with Crippen LogP contribution in [0.2, 0.25) is 0 Å². The van der Waals surface area contributed by atoms with Gasteiger partial charge in [0.1, 0.15) is 24.7 Å². The number of hydrogen-bond acceptors (Lipinski definition) is 4. The van der Waals surface area contributed by atoms with Crippen LogP contribution in [-0.2, 0) is 27.4 Å². The molecule has 1 aliphatic rings. The molecule has 0 radical (unpaired) electrons. The monoisotopic (exact) mass is 490 g/mol. The molecule has 0 heterocycles. The lowest BCUT2D eigenvalue weighted by molar-refractivity contribution is -0.146. The Morgan fingerprint density at radius 1 is 0.730 bits per heavy atom. The molecule has 0 amide bonds. The van der Waals surface area contributed by atoms with E-state index >= 15 is 0 Å². The highest BCUT2D eigenvalue weighted by atomic mass is 16.5. The molecule has 0 N–H and O–H groups in total. The number of esters is 1. The van der Waals surface area contributed by atoms with Gasteiger partial charge < -0.3 is 9.47 Å². The van der Waals surface area contributed by atoms with Gasteiger partial charge in [-0.2, -0.15) is 0 Å². The Bertz CT molecular complexity index is 1330. The largest absolute Gasteiger partial charge is 0.489 e. The molecule has 0 fully saturated rings. The molecule has 0 unspecified atom stereocenters. The molecule has 5 rings (SSSR count). The number of Topliss-reactive ketones (excluding diaryl/α,β-unsaturated/α-hetero) is 1. The number of carbonyl (C=O) groups is 2. The van der Waals surface area contributed by atoms with E-state index in [1.54, 1.807) is 6.92 Å². The predicted octanol–water partition coefficient (Wildman–Crippen LogP) is 6.76. The van der Waals surface area contributed by atoms with Gasteiger partial charge in [0, 0.05) is 11.8 Å². The first kappa shape index (κ1) is 24.5. The molecule has 4 aromatic carbocycles. The Balaban J connectivity index is 1.17. The van der Waals surface area contributed by atoms with Crippen LogP contribution < -0.4 is 4.74 Å². The number of fused-ring (bicyclic) bond motifs is 3. The van der Waals surface area contributed by atoms with Gasteiger partial charge in [-0.25, -0.2) is 0 Å². The van der Waals surface area contributed by atoms with Crippen LogP contribution in [-0.4, -0.2) is 18.4 Å². The van der Waals surface area contributed by atoms with E-state index in [2.05, 4.69) is 24.3 Å². The van der Waals surface area contributed by atoms with Crippen molar-refractivity contribution in [1.29, 1.82) is 0 Å². The Labute approximate surface area is 217 Å². The summed E-state index contributed by atoms with van der Waals surface area (Å²) in [5.74, 6) is -0.00593. The van der Waals surface area contributed by atoms with E-state index in [1.165, 1.54) is 22.3 Å². The standard InChI is InChI=1S/C33H30O4/c1-23(34)26(19-24-15-17-27(18-16-24)36-21-25-9-3-2-4-10-25)20-33(35)37-22-32-30-13-7-5-11-28(30)29-12-6-8-14-31(29)32/h2-18,26,32H,19-22H2,1H3/t26-/m1/s1. The lowest BCUT2D eigenvalue weighted by atomic mass is 9.93. The van der Waals surface area contributed by atoms with Gasteiger partial charge in [-0.15, -0.1) is 0 Å². The summed E-state index contributed by atoms with van der Waals surface area (Å²) < 4.78 is 11.6. The SMILES string of the molecule is CC(=O)[C@@H](CC(=O)OCC1c2ccccc2-c2ccccc21)Cc1ccc(OCc2ccccc2)cc1. The average molecular weight is 491 g/mol. The summed E-state index contributed by atoms with van der Waals surface area (Å²) >= 11 is 0. The quantitative estimate of drug-likeness (QED) is 0.231. The first-order valence-electron chi connectivity index (χ1n) is 12.7. The van der Waals surface area contributed by atoms with Crippen molar-refractivity contribution in [2.45, 2.75) is 32.3 Å². The summed E-state index contributed by atoms with van der Waals surface area (Å²) in [6.07, 6.45) is 0.552. The molecule has 1 atom stereocenters. The van der Waals surface area contributed by atoms with Crippen molar-refractivity contribution in [1.82, 2.24) is 0 Å². The van der Waals surface area contributed by atoms with E-state index in [0.717, 1.165) is 16.9 Å². The van der Waals surface area contributed by atoms with E-state index < -0.39 is 5.92 Å². The fraction of sp³-hybridized carbons (Fsp3) is 0.212. The molecular formula is C33H30O4. The molecule has 0 aromatic heterocycles. The lowest BCUT2D eigenvalue weighted by Crippen LogP contribution is -2.21.